The molecule has 0 aliphatic heterocycles. The van der Waals surface area contributed by atoms with Crippen LogP contribution in [0.4, 0.5) is 0 Å². The monoisotopic (exact) mass is 185 g/mol. The molecule has 1 aliphatic carbocycles. The standard InChI is InChI=1S/C10H19NO2/c11-7-9(10(12)13)6-8-4-2-1-3-5-8/h8-9H,1-7,11H2,(H,12,13)/t9-/m1/s1. The van der Waals surface area contributed by atoms with Crippen LogP contribution in [0.1, 0.15) is 38.5 Å². The predicted octanol–water partition coefficient (Wildman–Crippen LogP) is 1.62. The van der Waals surface area contributed by atoms with E-state index in [2.05, 4.69) is 0 Å². The Hall–Kier alpha value is -0.570. The SMILES string of the molecule is NC[C@@H](CC1CCCCC1)C(=O)O. The molecule has 1 fully saturated rings. The molecule has 76 valence electrons. The van der Waals surface area contributed by atoms with E-state index in [4.69, 9.17) is 10.8 Å². The summed E-state index contributed by atoms with van der Waals surface area (Å²) in [4.78, 5) is 10.7. The van der Waals surface area contributed by atoms with Gasteiger partial charge in [0.2, 0.25) is 0 Å². The molecule has 0 spiro atoms. The maximum absolute atomic E-state index is 10.7. The fourth-order valence-electron chi connectivity index (χ4n) is 2.12. The van der Waals surface area contributed by atoms with Crippen molar-refractivity contribution in [1.82, 2.24) is 0 Å². The van der Waals surface area contributed by atoms with Gasteiger partial charge >= 0.3 is 5.97 Å². The number of hydrogen-bond donors (Lipinski definition) is 2. The minimum atomic E-state index is -0.729. The van der Waals surface area contributed by atoms with Crippen LogP contribution in [0.25, 0.3) is 0 Å². The van der Waals surface area contributed by atoms with Crippen molar-refractivity contribution in [3.05, 3.63) is 0 Å². The molecule has 0 saturated heterocycles. The lowest BCUT2D eigenvalue weighted by Crippen LogP contribution is -2.26. The van der Waals surface area contributed by atoms with E-state index in [1.807, 2.05) is 0 Å². The highest BCUT2D eigenvalue weighted by Gasteiger charge is 2.22. The van der Waals surface area contributed by atoms with Gasteiger partial charge in [0.05, 0.1) is 5.92 Å². The zero-order valence-corrected chi connectivity index (χ0v) is 8.04. The van der Waals surface area contributed by atoms with Crippen LogP contribution < -0.4 is 5.73 Å². The first kappa shape index (κ1) is 10.5. The van der Waals surface area contributed by atoms with Gasteiger partial charge in [-0.1, -0.05) is 32.1 Å². The lowest BCUT2D eigenvalue weighted by atomic mass is 9.83. The third kappa shape index (κ3) is 3.35. The van der Waals surface area contributed by atoms with E-state index in [1.54, 1.807) is 0 Å². The highest BCUT2D eigenvalue weighted by molar-refractivity contribution is 5.70. The van der Waals surface area contributed by atoms with Crippen molar-refractivity contribution in [1.29, 1.82) is 0 Å². The van der Waals surface area contributed by atoms with Crippen molar-refractivity contribution < 1.29 is 9.90 Å². The molecule has 3 N–H and O–H groups in total. The minimum absolute atomic E-state index is 0.284. The molecule has 0 unspecified atom stereocenters. The van der Waals surface area contributed by atoms with Crippen LogP contribution >= 0.6 is 0 Å². The Morgan fingerprint density at radius 1 is 1.38 bits per heavy atom. The van der Waals surface area contributed by atoms with Crippen LogP contribution in [0.15, 0.2) is 0 Å². The summed E-state index contributed by atoms with van der Waals surface area (Å²) in [5.74, 6) is -0.436. The topological polar surface area (TPSA) is 63.3 Å². The lowest BCUT2D eigenvalue weighted by Gasteiger charge is -2.23. The molecule has 3 nitrogen and oxygen atoms in total. The summed E-state index contributed by atoms with van der Waals surface area (Å²) in [5.41, 5.74) is 5.41. The zero-order valence-electron chi connectivity index (χ0n) is 8.04. The molecule has 0 bridgehead atoms. The lowest BCUT2D eigenvalue weighted by molar-refractivity contribution is -0.142. The third-order valence-electron chi connectivity index (χ3n) is 2.98. The van der Waals surface area contributed by atoms with Crippen LogP contribution in [0.2, 0.25) is 0 Å². The molecule has 1 rings (SSSR count). The molecule has 0 aromatic rings. The Kier molecular flexibility index (Phi) is 4.22. The molecular formula is C10H19NO2. The van der Waals surface area contributed by atoms with Crippen molar-refractivity contribution in [3.63, 3.8) is 0 Å². The Labute approximate surface area is 79.3 Å². The van der Waals surface area contributed by atoms with E-state index in [1.165, 1.54) is 32.1 Å². The van der Waals surface area contributed by atoms with Crippen LogP contribution in [0.5, 0.6) is 0 Å². The third-order valence-corrected chi connectivity index (χ3v) is 2.98. The number of hydrogen-bond acceptors (Lipinski definition) is 2. The van der Waals surface area contributed by atoms with Gasteiger partial charge in [0.1, 0.15) is 0 Å². The molecule has 1 aliphatic rings. The predicted molar refractivity (Wildman–Crippen MR) is 51.4 cm³/mol. The van der Waals surface area contributed by atoms with Gasteiger partial charge in [0.15, 0.2) is 0 Å². The molecule has 1 atom stereocenters. The Bertz CT molecular complexity index is 164. The molecule has 0 aromatic carbocycles. The molecule has 13 heavy (non-hydrogen) atoms. The summed E-state index contributed by atoms with van der Waals surface area (Å²) in [6.45, 7) is 0.284. The van der Waals surface area contributed by atoms with Crippen LogP contribution in [0, 0.1) is 11.8 Å². The molecule has 1 saturated carbocycles. The van der Waals surface area contributed by atoms with Crippen molar-refractivity contribution >= 4 is 5.97 Å². The van der Waals surface area contributed by atoms with Gasteiger partial charge in [0, 0.05) is 6.54 Å². The van der Waals surface area contributed by atoms with Gasteiger partial charge in [-0.05, 0) is 12.3 Å². The van der Waals surface area contributed by atoms with E-state index < -0.39 is 5.97 Å². The first-order valence-corrected chi connectivity index (χ1v) is 5.17. The maximum atomic E-state index is 10.7. The summed E-state index contributed by atoms with van der Waals surface area (Å²) in [7, 11) is 0. The Morgan fingerprint density at radius 2 is 2.00 bits per heavy atom. The number of aliphatic carboxylic acids is 1. The van der Waals surface area contributed by atoms with E-state index in [9.17, 15) is 4.79 Å². The number of nitrogens with two attached hydrogens (primary N) is 1. The average molecular weight is 185 g/mol. The van der Waals surface area contributed by atoms with Gasteiger partial charge in [0.25, 0.3) is 0 Å². The molecular weight excluding hydrogens is 166 g/mol. The molecule has 0 heterocycles. The van der Waals surface area contributed by atoms with Gasteiger partial charge in [-0.3, -0.25) is 4.79 Å². The summed E-state index contributed by atoms with van der Waals surface area (Å²) >= 11 is 0. The summed E-state index contributed by atoms with van der Waals surface area (Å²) < 4.78 is 0. The Balaban J connectivity index is 2.31. The summed E-state index contributed by atoms with van der Waals surface area (Å²) in [6.07, 6.45) is 7.03. The first-order chi connectivity index (χ1) is 6.24. The molecule has 0 amide bonds. The second-order valence-corrected chi connectivity index (χ2v) is 4.01. The second-order valence-electron chi connectivity index (χ2n) is 4.01. The van der Waals surface area contributed by atoms with E-state index in [0.717, 1.165) is 6.42 Å². The van der Waals surface area contributed by atoms with Crippen LogP contribution in [0.3, 0.4) is 0 Å². The van der Waals surface area contributed by atoms with E-state index in [0.29, 0.717) is 5.92 Å². The van der Waals surface area contributed by atoms with Gasteiger partial charge in [-0.2, -0.15) is 0 Å². The zero-order chi connectivity index (χ0) is 9.68. The largest absolute Gasteiger partial charge is 0.481 e. The summed E-state index contributed by atoms with van der Waals surface area (Å²) in [5, 5.41) is 8.82. The fourth-order valence-corrected chi connectivity index (χ4v) is 2.12. The highest BCUT2D eigenvalue weighted by atomic mass is 16.4. The van der Waals surface area contributed by atoms with Crippen molar-refractivity contribution in [2.75, 3.05) is 6.54 Å². The first-order valence-electron chi connectivity index (χ1n) is 5.17. The number of carboxylic acid groups (broad SMARTS) is 1. The maximum Gasteiger partial charge on any atom is 0.307 e. The second kappa shape index (κ2) is 5.22. The molecule has 0 aromatic heterocycles. The fraction of sp³-hybridized carbons (Fsp3) is 0.900. The quantitative estimate of drug-likeness (QED) is 0.699. The van der Waals surface area contributed by atoms with Gasteiger partial charge in [-0.15, -0.1) is 0 Å². The minimum Gasteiger partial charge on any atom is -0.481 e. The van der Waals surface area contributed by atoms with Crippen molar-refractivity contribution in [2.24, 2.45) is 17.6 Å². The van der Waals surface area contributed by atoms with Crippen LogP contribution in [-0.4, -0.2) is 17.6 Å². The van der Waals surface area contributed by atoms with E-state index >= 15 is 0 Å². The highest BCUT2D eigenvalue weighted by Crippen LogP contribution is 2.28. The van der Waals surface area contributed by atoms with Crippen molar-refractivity contribution in [2.45, 2.75) is 38.5 Å². The normalized spacial score (nSPS) is 21.3. The summed E-state index contributed by atoms with van der Waals surface area (Å²) in [6, 6.07) is 0. The van der Waals surface area contributed by atoms with Gasteiger partial charge < -0.3 is 10.8 Å². The van der Waals surface area contributed by atoms with Crippen LogP contribution in [-0.2, 0) is 4.79 Å². The smallest absolute Gasteiger partial charge is 0.307 e. The van der Waals surface area contributed by atoms with Gasteiger partial charge in [-0.25, -0.2) is 0 Å². The molecule has 0 radical (unpaired) electrons. The van der Waals surface area contributed by atoms with Crippen molar-refractivity contribution in [3.8, 4) is 0 Å². The van der Waals surface area contributed by atoms with E-state index in [-0.39, 0.29) is 12.5 Å². The average Bonchev–Trinajstić information content (AvgIpc) is 2.15. The molecule has 3 heteroatoms. The number of carboxylic acids is 1. The Morgan fingerprint density at radius 3 is 2.46 bits per heavy atom. The number of carbonyl (C=O) groups is 1. The number of rotatable bonds is 4.